The first-order valence-corrected chi connectivity index (χ1v) is 16.2. The van der Waals surface area contributed by atoms with E-state index in [1.165, 1.54) is 28.0 Å². The third kappa shape index (κ3) is 5.84. The number of ether oxygens (including phenoxy) is 2. The molecule has 0 N–H and O–H groups in total. The molecular formula is C36H31FN4O5S. The number of aromatic nitrogens is 2. The van der Waals surface area contributed by atoms with E-state index in [-0.39, 0.29) is 30.2 Å². The molecule has 5 aromatic rings. The first kappa shape index (κ1) is 30.5. The van der Waals surface area contributed by atoms with E-state index < -0.39 is 17.8 Å². The highest BCUT2D eigenvalue weighted by Crippen LogP contribution is 2.35. The third-order valence-electron chi connectivity index (χ3n) is 8.33. The first-order valence-electron chi connectivity index (χ1n) is 15.4. The topological polar surface area (TPSA) is 95.1 Å². The fourth-order valence-electron chi connectivity index (χ4n) is 6.12. The standard InChI is InChI=1S/C36H31FN4O5S/c1-2-46-35(44)31-32(23-8-4-3-5-9-23)38-36-41(33(31)24-12-14-26(37)15-13-24)34(43)29(47-36)20-25-21-40(28-11-7-6-10-27(25)28)22-30(42)39-16-18-45-19-17-39/h3-15,20-21,33H,2,16-19,22H2,1H3/b29-20+/t33-/m0/s1. The second-order valence-corrected chi connectivity index (χ2v) is 12.2. The summed E-state index contributed by atoms with van der Waals surface area (Å²) in [5, 5.41) is 0.889. The maximum Gasteiger partial charge on any atom is 0.338 e. The van der Waals surface area contributed by atoms with Crippen LogP contribution >= 0.6 is 11.3 Å². The second kappa shape index (κ2) is 12.9. The number of carbonyl (C=O) groups is 2. The van der Waals surface area contributed by atoms with Crippen molar-refractivity contribution in [2.45, 2.75) is 19.5 Å². The molecule has 0 bridgehead atoms. The molecule has 0 radical (unpaired) electrons. The van der Waals surface area contributed by atoms with Gasteiger partial charge < -0.3 is 18.9 Å². The Morgan fingerprint density at radius 1 is 1.02 bits per heavy atom. The van der Waals surface area contributed by atoms with Crippen molar-refractivity contribution >= 4 is 45.9 Å². The molecular weight excluding hydrogens is 619 g/mol. The number of fused-ring (bicyclic) bond motifs is 2. The molecule has 2 aromatic heterocycles. The minimum atomic E-state index is -0.907. The number of rotatable bonds is 7. The minimum absolute atomic E-state index is 0.000731. The van der Waals surface area contributed by atoms with E-state index in [0.29, 0.717) is 52.5 Å². The fraction of sp³-hybridized carbons (Fsp3) is 0.222. The maximum absolute atomic E-state index is 14.3. The summed E-state index contributed by atoms with van der Waals surface area (Å²) in [6.07, 6.45) is 3.69. The number of benzene rings is 3. The van der Waals surface area contributed by atoms with Gasteiger partial charge in [-0.1, -0.05) is 72.0 Å². The van der Waals surface area contributed by atoms with Gasteiger partial charge in [-0.3, -0.25) is 14.2 Å². The number of morpholine rings is 1. The van der Waals surface area contributed by atoms with Crippen LogP contribution in [-0.4, -0.2) is 58.8 Å². The van der Waals surface area contributed by atoms with Crippen LogP contribution in [0.25, 0.3) is 22.7 Å². The van der Waals surface area contributed by atoms with Crippen LogP contribution in [0, 0.1) is 5.82 Å². The molecule has 7 rings (SSSR count). The molecule has 0 saturated carbocycles. The van der Waals surface area contributed by atoms with Crippen molar-refractivity contribution in [1.29, 1.82) is 0 Å². The predicted molar refractivity (Wildman–Crippen MR) is 177 cm³/mol. The monoisotopic (exact) mass is 650 g/mol. The van der Waals surface area contributed by atoms with Crippen LogP contribution in [0.2, 0.25) is 0 Å². The number of nitrogens with zero attached hydrogens (tertiary/aromatic N) is 4. The predicted octanol–water partition coefficient (Wildman–Crippen LogP) is 3.89. The Balaban J connectivity index is 1.40. The molecule has 47 heavy (non-hydrogen) atoms. The van der Waals surface area contributed by atoms with Crippen molar-refractivity contribution in [1.82, 2.24) is 14.0 Å². The Morgan fingerprint density at radius 3 is 2.49 bits per heavy atom. The molecule has 11 heteroatoms. The first-order chi connectivity index (χ1) is 22.9. The number of hydrogen-bond acceptors (Lipinski definition) is 7. The molecule has 1 fully saturated rings. The fourth-order valence-corrected chi connectivity index (χ4v) is 7.11. The van der Waals surface area contributed by atoms with E-state index in [4.69, 9.17) is 14.5 Å². The van der Waals surface area contributed by atoms with Gasteiger partial charge in [-0.2, -0.15) is 0 Å². The Labute approximate surface area is 273 Å². The zero-order valence-electron chi connectivity index (χ0n) is 25.6. The Bertz CT molecular complexity index is 2200. The number of hydrogen-bond donors (Lipinski definition) is 0. The summed E-state index contributed by atoms with van der Waals surface area (Å²) in [7, 11) is 0. The largest absolute Gasteiger partial charge is 0.463 e. The Hall–Kier alpha value is -5.13. The van der Waals surface area contributed by atoms with E-state index in [1.807, 2.05) is 65.4 Å². The number of amides is 1. The maximum atomic E-state index is 14.3. The van der Waals surface area contributed by atoms with Crippen molar-refractivity contribution in [3.8, 4) is 0 Å². The van der Waals surface area contributed by atoms with E-state index in [9.17, 15) is 18.8 Å². The quantitative estimate of drug-likeness (QED) is 0.249. The lowest BCUT2D eigenvalue weighted by atomic mass is 9.93. The zero-order valence-corrected chi connectivity index (χ0v) is 26.4. The van der Waals surface area contributed by atoms with Crippen LogP contribution in [0.15, 0.2) is 100 Å². The van der Waals surface area contributed by atoms with Gasteiger partial charge in [0.05, 0.1) is 41.7 Å². The van der Waals surface area contributed by atoms with Crippen molar-refractivity contribution in [3.05, 3.63) is 133 Å². The van der Waals surface area contributed by atoms with Crippen molar-refractivity contribution in [3.63, 3.8) is 0 Å². The van der Waals surface area contributed by atoms with Gasteiger partial charge in [-0.15, -0.1) is 0 Å². The summed E-state index contributed by atoms with van der Waals surface area (Å²) < 4.78 is 28.8. The summed E-state index contributed by atoms with van der Waals surface area (Å²) in [6, 6.07) is 21.9. The molecule has 0 aliphatic carbocycles. The van der Waals surface area contributed by atoms with Crippen molar-refractivity contribution in [2.75, 3.05) is 32.9 Å². The van der Waals surface area contributed by atoms with Gasteiger partial charge in [-0.25, -0.2) is 14.2 Å². The van der Waals surface area contributed by atoms with Gasteiger partial charge in [0.2, 0.25) is 5.91 Å². The summed E-state index contributed by atoms with van der Waals surface area (Å²) in [5.41, 5.74) is 3.11. The summed E-state index contributed by atoms with van der Waals surface area (Å²) in [6.45, 7) is 4.15. The van der Waals surface area contributed by atoms with E-state index >= 15 is 0 Å². The smallest absolute Gasteiger partial charge is 0.338 e. The molecule has 2 aliphatic rings. The molecule has 1 saturated heterocycles. The Kier molecular flexibility index (Phi) is 8.40. The van der Waals surface area contributed by atoms with E-state index in [0.717, 1.165) is 16.5 Å². The molecule has 0 unspecified atom stereocenters. The van der Waals surface area contributed by atoms with Crippen LogP contribution in [0.5, 0.6) is 0 Å². The van der Waals surface area contributed by atoms with Gasteiger partial charge in [0.25, 0.3) is 5.56 Å². The highest BCUT2D eigenvalue weighted by Gasteiger charge is 2.35. The number of esters is 1. The molecule has 1 atom stereocenters. The average molecular weight is 651 g/mol. The zero-order chi connectivity index (χ0) is 32.5. The van der Waals surface area contributed by atoms with Gasteiger partial charge in [0.15, 0.2) is 4.80 Å². The lowest BCUT2D eigenvalue weighted by Crippen LogP contribution is -2.42. The highest BCUT2D eigenvalue weighted by molar-refractivity contribution is 7.07. The van der Waals surface area contributed by atoms with E-state index in [1.54, 1.807) is 30.0 Å². The summed E-state index contributed by atoms with van der Waals surface area (Å²) in [4.78, 5) is 48.2. The normalized spacial score (nSPS) is 16.7. The molecule has 4 heterocycles. The lowest BCUT2D eigenvalue weighted by molar-refractivity contribution is -0.139. The van der Waals surface area contributed by atoms with Gasteiger partial charge in [0.1, 0.15) is 12.4 Å². The summed E-state index contributed by atoms with van der Waals surface area (Å²) in [5.74, 6) is -1.04. The molecule has 238 valence electrons. The Morgan fingerprint density at radius 2 is 1.74 bits per heavy atom. The SMILES string of the molecule is CCOC(=O)C1=C(c2ccccc2)N=c2s/c(=C/c3cn(CC(=O)N4CCOCC4)c4ccccc34)c(=O)n2[C@H]1c1ccc(F)cc1. The average Bonchev–Trinajstić information content (AvgIpc) is 3.61. The summed E-state index contributed by atoms with van der Waals surface area (Å²) >= 11 is 1.21. The van der Waals surface area contributed by atoms with Gasteiger partial charge >= 0.3 is 5.97 Å². The molecule has 2 aliphatic heterocycles. The lowest BCUT2D eigenvalue weighted by Gasteiger charge is -2.27. The van der Waals surface area contributed by atoms with Gasteiger partial charge in [-0.05, 0) is 36.8 Å². The van der Waals surface area contributed by atoms with Crippen LogP contribution in [0.3, 0.4) is 0 Å². The molecule has 3 aromatic carbocycles. The highest BCUT2D eigenvalue weighted by atomic mass is 32.1. The second-order valence-electron chi connectivity index (χ2n) is 11.2. The van der Waals surface area contributed by atoms with Crippen LogP contribution in [0.1, 0.15) is 29.7 Å². The van der Waals surface area contributed by atoms with Crippen LogP contribution in [-0.2, 0) is 25.6 Å². The third-order valence-corrected chi connectivity index (χ3v) is 9.32. The number of para-hydroxylation sites is 1. The van der Waals surface area contributed by atoms with Crippen LogP contribution in [0.4, 0.5) is 4.39 Å². The minimum Gasteiger partial charge on any atom is -0.463 e. The molecule has 1 amide bonds. The number of carbonyl (C=O) groups excluding carboxylic acids is 2. The van der Waals surface area contributed by atoms with E-state index in [2.05, 4.69) is 0 Å². The molecule has 9 nitrogen and oxygen atoms in total. The van der Waals surface area contributed by atoms with Crippen LogP contribution < -0.4 is 14.9 Å². The van der Waals surface area contributed by atoms with Crippen molar-refractivity contribution in [2.24, 2.45) is 4.99 Å². The number of thiazole rings is 1. The van der Waals surface area contributed by atoms with Gasteiger partial charge in [0, 0.05) is 41.3 Å². The van der Waals surface area contributed by atoms with Crippen molar-refractivity contribution < 1.29 is 23.5 Å². The number of halogens is 1. The molecule has 0 spiro atoms.